The van der Waals surface area contributed by atoms with Crippen molar-refractivity contribution in [2.24, 2.45) is 0 Å². The maximum atomic E-state index is 8.20. The van der Waals surface area contributed by atoms with Gasteiger partial charge in [-0.3, -0.25) is 0 Å². The molecule has 10 heavy (non-hydrogen) atoms. The number of nitrogens with one attached hydrogen (secondary N) is 1. The Hall–Kier alpha value is -0.590. The van der Waals surface area contributed by atoms with E-state index in [0.717, 1.165) is 25.9 Å². The summed E-state index contributed by atoms with van der Waals surface area (Å²) in [5.74, 6) is 0. The molecule has 1 atom stereocenters. The fourth-order valence-electron chi connectivity index (χ4n) is 1.12. The highest BCUT2D eigenvalue weighted by Gasteiger charge is 2.11. The average molecular weight is 140 g/mol. The second-order valence-corrected chi connectivity index (χ2v) is 2.44. The lowest BCUT2D eigenvalue weighted by Gasteiger charge is -2.21. The standard InChI is InChI=1S/C7H12N2O/c8-3-5-10-7-2-1-4-9-6-7/h7,9H,1-2,4-6H2. The molecule has 0 aromatic rings. The Morgan fingerprint density at radius 1 is 1.70 bits per heavy atom. The third kappa shape index (κ3) is 2.34. The van der Waals surface area contributed by atoms with Gasteiger partial charge >= 0.3 is 0 Å². The van der Waals surface area contributed by atoms with Crippen molar-refractivity contribution >= 4 is 0 Å². The summed E-state index contributed by atoms with van der Waals surface area (Å²) >= 11 is 0. The van der Waals surface area contributed by atoms with E-state index in [2.05, 4.69) is 5.32 Å². The van der Waals surface area contributed by atoms with E-state index in [9.17, 15) is 0 Å². The molecule has 0 aliphatic carbocycles. The van der Waals surface area contributed by atoms with Crippen molar-refractivity contribution in [3.05, 3.63) is 0 Å². The Morgan fingerprint density at radius 3 is 3.20 bits per heavy atom. The van der Waals surface area contributed by atoms with Crippen molar-refractivity contribution in [2.75, 3.05) is 19.7 Å². The Bertz CT molecular complexity index is 124. The number of hydrogen-bond donors (Lipinski definition) is 1. The zero-order valence-corrected chi connectivity index (χ0v) is 5.97. The Balaban J connectivity index is 2.09. The minimum Gasteiger partial charge on any atom is -0.362 e. The van der Waals surface area contributed by atoms with Crippen LogP contribution < -0.4 is 5.32 Å². The van der Waals surface area contributed by atoms with Crippen LogP contribution in [0, 0.1) is 11.3 Å². The molecule has 1 rings (SSSR count). The topological polar surface area (TPSA) is 45.0 Å². The quantitative estimate of drug-likeness (QED) is 0.599. The minimum absolute atomic E-state index is 0.229. The van der Waals surface area contributed by atoms with Crippen LogP contribution in [0.4, 0.5) is 0 Å². The molecule has 0 aromatic carbocycles. The molecule has 1 heterocycles. The van der Waals surface area contributed by atoms with E-state index < -0.39 is 0 Å². The number of nitrogens with zero attached hydrogens (tertiary/aromatic N) is 1. The van der Waals surface area contributed by atoms with E-state index in [1.807, 2.05) is 6.07 Å². The van der Waals surface area contributed by atoms with Crippen molar-refractivity contribution in [3.63, 3.8) is 0 Å². The molecule has 56 valence electrons. The predicted octanol–water partition coefficient (Wildman–Crippen LogP) is 0.279. The van der Waals surface area contributed by atoms with E-state index >= 15 is 0 Å². The summed E-state index contributed by atoms with van der Waals surface area (Å²) in [4.78, 5) is 0. The SMILES string of the molecule is N#CCOC1CCCNC1. The molecule has 0 saturated carbocycles. The van der Waals surface area contributed by atoms with Gasteiger partial charge < -0.3 is 10.1 Å². The largest absolute Gasteiger partial charge is 0.362 e. The van der Waals surface area contributed by atoms with Crippen molar-refractivity contribution < 1.29 is 4.74 Å². The molecule has 1 unspecified atom stereocenters. The summed E-state index contributed by atoms with van der Waals surface area (Å²) in [5, 5.41) is 11.4. The van der Waals surface area contributed by atoms with Crippen LogP contribution in [0.3, 0.4) is 0 Å². The van der Waals surface area contributed by atoms with Crippen LogP contribution in [0.1, 0.15) is 12.8 Å². The molecule has 0 aromatic heterocycles. The van der Waals surface area contributed by atoms with E-state index in [0.29, 0.717) is 0 Å². The predicted molar refractivity (Wildman–Crippen MR) is 37.5 cm³/mol. The summed E-state index contributed by atoms with van der Waals surface area (Å²) in [6.07, 6.45) is 2.53. The number of ether oxygens (including phenoxy) is 1. The second-order valence-electron chi connectivity index (χ2n) is 2.44. The summed E-state index contributed by atoms with van der Waals surface area (Å²) < 4.78 is 5.21. The first-order valence-corrected chi connectivity index (χ1v) is 3.63. The minimum atomic E-state index is 0.229. The molecule has 0 amide bonds. The van der Waals surface area contributed by atoms with Crippen molar-refractivity contribution in [1.82, 2.24) is 5.32 Å². The van der Waals surface area contributed by atoms with Gasteiger partial charge in [0.25, 0.3) is 0 Å². The Kier molecular flexibility index (Phi) is 3.20. The highest BCUT2D eigenvalue weighted by atomic mass is 16.5. The maximum Gasteiger partial charge on any atom is 0.134 e. The molecule has 1 N–H and O–H groups in total. The van der Waals surface area contributed by atoms with Gasteiger partial charge in [-0.25, -0.2) is 0 Å². The lowest BCUT2D eigenvalue weighted by atomic mass is 10.1. The van der Waals surface area contributed by atoms with Gasteiger partial charge in [-0.1, -0.05) is 0 Å². The van der Waals surface area contributed by atoms with E-state index in [1.165, 1.54) is 0 Å². The second kappa shape index (κ2) is 4.26. The zero-order chi connectivity index (χ0) is 7.23. The van der Waals surface area contributed by atoms with Gasteiger partial charge in [0, 0.05) is 6.54 Å². The van der Waals surface area contributed by atoms with Gasteiger partial charge in [0.15, 0.2) is 0 Å². The molecule has 1 aliphatic rings. The lowest BCUT2D eigenvalue weighted by Crippen LogP contribution is -2.35. The maximum absolute atomic E-state index is 8.20. The van der Waals surface area contributed by atoms with Gasteiger partial charge in [0.2, 0.25) is 0 Å². The van der Waals surface area contributed by atoms with Gasteiger partial charge in [0.05, 0.1) is 12.2 Å². The van der Waals surface area contributed by atoms with E-state index in [4.69, 9.17) is 10.00 Å². The Morgan fingerprint density at radius 2 is 2.60 bits per heavy atom. The third-order valence-corrected chi connectivity index (χ3v) is 1.64. The lowest BCUT2D eigenvalue weighted by molar-refractivity contribution is 0.0584. The smallest absolute Gasteiger partial charge is 0.134 e. The number of rotatable bonds is 2. The first kappa shape index (κ1) is 7.52. The fraction of sp³-hybridized carbons (Fsp3) is 0.857. The van der Waals surface area contributed by atoms with Crippen LogP contribution in [-0.4, -0.2) is 25.8 Å². The molecule has 3 heteroatoms. The number of hydrogen-bond acceptors (Lipinski definition) is 3. The average Bonchev–Trinajstić information content (AvgIpc) is 2.03. The van der Waals surface area contributed by atoms with Gasteiger partial charge in [-0.05, 0) is 19.4 Å². The molecule has 0 bridgehead atoms. The molecular weight excluding hydrogens is 128 g/mol. The molecular formula is C7H12N2O. The molecule has 3 nitrogen and oxygen atoms in total. The van der Waals surface area contributed by atoms with Crippen LogP contribution in [0.15, 0.2) is 0 Å². The van der Waals surface area contributed by atoms with Gasteiger partial charge in [-0.2, -0.15) is 5.26 Å². The number of piperidine rings is 1. The fourth-order valence-corrected chi connectivity index (χ4v) is 1.12. The summed E-state index contributed by atoms with van der Waals surface area (Å²) in [5.41, 5.74) is 0. The van der Waals surface area contributed by atoms with Gasteiger partial charge in [0.1, 0.15) is 6.61 Å². The van der Waals surface area contributed by atoms with Crippen molar-refractivity contribution in [2.45, 2.75) is 18.9 Å². The Labute approximate surface area is 61.0 Å². The first-order valence-electron chi connectivity index (χ1n) is 3.63. The van der Waals surface area contributed by atoms with Crippen molar-refractivity contribution in [1.29, 1.82) is 5.26 Å². The molecule has 0 spiro atoms. The van der Waals surface area contributed by atoms with Crippen LogP contribution in [0.2, 0.25) is 0 Å². The summed E-state index contributed by atoms with van der Waals surface area (Å²) in [7, 11) is 0. The van der Waals surface area contributed by atoms with E-state index in [-0.39, 0.29) is 12.7 Å². The highest BCUT2D eigenvalue weighted by Crippen LogP contribution is 2.04. The van der Waals surface area contributed by atoms with Crippen molar-refractivity contribution in [3.8, 4) is 6.07 Å². The van der Waals surface area contributed by atoms with Crippen LogP contribution >= 0.6 is 0 Å². The normalized spacial score (nSPS) is 25.7. The molecule has 1 aliphatic heterocycles. The first-order chi connectivity index (χ1) is 4.93. The molecule has 1 fully saturated rings. The van der Waals surface area contributed by atoms with Crippen LogP contribution in [0.25, 0.3) is 0 Å². The van der Waals surface area contributed by atoms with Crippen LogP contribution in [0.5, 0.6) is 0 Å². The molecule has 1 saturated heterocycles. The third-order valence-electron chi connectivity index (χ3n) is 1.64. The van der Waals surface area contributed by atoms with E-state index in [1.54, 1.807) is 0 Å². The van der Waals surface area contributed by atoms with Crippen LogP contribution in [-0.2, 0) is 4.74 Å². The molecule has 0 radical (unpaired) electrons. The van der Waals surface area contributed by atoms with Gasteiger partial charge in [-0.15, -0.1) is 0 Å². The number of nitriles is 1. The summed E-state index contributed by atoms with van der Waals surface area (Å²) in [6, 6.07) is 1.96. The zero-order valence-electron chi connectivity index (χ0n) is 5.97. The highest BCUT2D eigenvalue weighted by molar-refractivity contribution is 4.73. The summed E-state index contributed by atoms with van der Waals surface area (Å²) in [6.45, 7) is 2.22. The monoisotopic (exact) mass is 140 g/mol.